The van der Waals surface area contributed by atoms with E-state index < -0.39 is 5.41 Å². The molecule has 2 atom stereocenters. The summed E-state index contributed by atoms with van der Waals surface area (Å²) in [7, 11) is 1.99. The largest absolute Gasteiger partial charge is 0.399 e. The van der Waals surface area contributed by atoms with Crippen molar-refractivity contribution in [2.75, 3.05) is 20.1 Å². The topological polar surface area (TPSA) is 101 Å². The molecule has 2 aliphatic rings. The molecule has 0 saturated heterocycles. The van der Waals surface area contributed by atoms with Crippen molar-refractivity contribution in [3.8, 4) is 18.2 Å². The Kier molecular flexibility index (Phi) is 3.70. The first-order valence-corrected chi connectivity index (χ1v) is 8.17. The summed E-state index contributed by atoms with van der Waals surface area (Å²) in [4.78, 5) is 2.13. The first-order valence-electron chi connectivity index (χ1n) is 7.23. The molecule has 1 aromatic heterocycles. The first-order chi connectivity index (χ1) is 11.1. The molecule has 0 amide bonds. The van der Waals surface area contributed by atoms with Crippen LogP contribution in [0.2, 0.25) is 0 Å². The van der Waals surface area contributed by atoms with E-state index in [9.17, 15) is 15.8 Å². The summed E-state index contributed by atoms with van der Waals surface area (Å²) in [6.45, 7) is 1.42. The van der Waals surface area contributed by atoms with Crippen molar-refractivity contribution in [2.45, 2.75) is 5.92 Å². The van der Waals surface area contributed by atoms with Crippen molar-refractivity contribution in [1.82, 2.24) is 4.90 Å². The number of hydrogen-bond donors (Lipinski definition) is 1. The number of likely N-dealkylation sites (N-methyl/N-ethyl adjacent to an activating group) is 1. The van der Waals surface area contributed by atoms with E-state index in [4.69, 9.17) is 5.73 Å². The van der Waals surface area contributed by atoms with E-state index in [0.29, 0.717) is 12.1 Å². The quantitative estimate of drug-likeness (QED) is 0.853. The average molecular weight is 321 g/mol. The van der Waals surface area contributed by atoms with Gasteiger partial charge in [0.2, 0.25) is 0 Å². The van der Waals surface area contributed by atoms with Crippen LogP contribution >= 0.6 is 11.3 Å². The van der Waals surface area contributed by atoms with E-state index in [-0.39, 0.29) is 17.5 Å². The number of fused-ring (bicyclic) bond motifs is 1. The molecule has 23 heavy (non-hydrogen) atoms. The first kappa shape index (κ1) is 15.3. The van der Waals surface area contributed by atoms with E-state index in [1.165, 1.54) is 11.3 Å². The zero-order valence-electron chi connectivity index (χ0n) is 12.7. The van der Waals surface area contributed by atoms with Crippen molar-refractivity contribution in [3.63, 3.8) is 0 Å². The van der Waals surface area contributed by atoms with Crippen molar-refractivity contribution < 1.29 is 0 Å². The summed E-state index contributed by atoms with van der Waals surface area (Å²) in [6, 6.07) is 8.33. The van der Waals surface area contributed by atoms with Gasteiger partial charge in [0.25, 0.3) is 0 Å². The maximum atomic E-state index is 9.82. The van der Waals surface area contributed by atoms with Crippen LogP contribution in [0, 0.1) is 45.3 Å². The highest BCUT2D eigenvalue weighted by Gasteiger charge is 2.54. The Morgan fingerprint density at radius 1 is 1.35 bits per heavy atom. The fourth-order valence-electron chi connectivity index (χ4n) is 3.65. The molecule has 0 radical (unpaired) electrons. The minimum atomic E-state index is -1.51. The van der Waals surface area contributed by atoms with Gasteiger partial charge >= 0.3 is 0 Å². The SMILES string of the molecule is CN1CC=C2C(C#N)=C(N)C(C#N)(C#N)[C@H](c3ccsc3)[C@@H]2C1. The molecule has 1 aliphatic heterocycles. The normalized spacial score (nSPS) is 26.4. The lowest BCUT2D eigenvalue weighted by molar-refractivity contribution is 0.238. The van der Waals surface area contributed by atoms with Gasteiger partial charge in [-0.25, -0.2) is 0 Å². The van der Waals surface area contributed by atoms with Crippen molar-refractivity contribution >= 4 is 11.3 Å². The standard InChI is InChI=1S/C17H15N5S/c1-22-4-2-12-13(6-18)16(21)17(9-19,10-20)15(14(12)7-22)11-3-5-23-8-11/h2-3,5,8,14-15H,4,7,21H2,1H3/t14-,15-/m1/s1. The van der Waals surface area contributed by atoms with Crippen LogP contribution in [-0.2, 0) is 0 Å². The van der Waals surface area contributed by atoms with E-state index in [1.807, 2.05) is 30.0 Å². The Morgan fingerprint density at radius 2 is 2.09 bits per heavy atom. The van der Waals surface area contributed by atoms with Gasteiger partial charge in [0.1, 0.15) is 6.07 Å². The van der Waals surface area contributed by atoms with Gasteiger partial charge < -0.3 is 10.6 Å². The van der Waals surface area contributed by atoms with Gasteiger partial charge in [0, 0.05) is 24.9 Å². The Hall–Kier alpha value is -2.59. The Balaban J connectivity index is 2.33. The van der Waals surface area contributed by atoms with Crippen LogP contribution in [-0.4, -0.2) is 25.0 Å². The Labute approximate surface area is 139 Å². The lowest BCUT2D eigenvalue weighted by Crippen LogP contribution is -2.47. The maximum Gasteiger partial charge on any atom is 0.191 e. The molecule has 5 nitrogen and oxygen atoms in total. The van der Waals surface area contributed by atoms with E-state index in [2.05, 4.69) is 23.1 Å². The van der Waals surface area contributed by atoms with Gasteiger partial charge in [-0.3, -0.25) is 0 Å². The molecule has 1 aliphatic carbocycles. The van der Waals surface area contributed by atoms with Crippen LogP contribution in [0.15, 0.2) is 39.7 Å². The molecule has 0 unspecified atom stereocenters. The molecule has 0 saturated carbocycles. The second kappa shape index (κ2) is 5.56. The van der Waals surface area contributed by atoms with Crippen LogP contribution in [0.1, 0.15) is 11.5 Å². The fraction of sp³-hybridized carbons (Fsp3) is 0.353. The third-order valence-corrected chi connectivity index (χ3v) is 5.45. The molecule has 3 rings (SSSR count). The lowest BCUT2D eigenvalue weighted by atomic mass is 9.58. The molecule has 0 fully saturated rings. The van der Waals surface area contributed by atoms with Crippen LogP contribution in [0.4, 0.5) is 0 Å². The fourth-order valence-corrected chi connectivity index (χ4v) is 4.35. The van der Waals surface area contributed by atoms with Crippen LogP contribution in [0.3, 0.4) is 0 Å². The van der Waals surface area contributed by atoms with E-state index in [1.54, 1.807) is 0 Å². The molecule has 2 heterocycles. The highest BCUT2D eigenvalue weighted by atomic mass is 32.1. The number of rotatable bonds is 1. The molecule has 114 valence electrons. The molecule has 0 spiro atoms. The summed E-state index contributed by atoms with van der Waals surface area (Å²) in [6.07, 6.45) is 2.00. The van der Waals surface area contributed by atoms with Gasteiger partial charge in [-0.05, 0) is 35.0 Å². The maximum absolute atomic E-state index is 9.82. The summed E-state index contributed by atoms with van der Waals surface area (Å²) in [5, 5.41) is 33.1. The molecule has 2 N–H and O–H groups in total. The number of nitrogens with two attached hydrogens (primary N) is 1. The molecule has 0 bridgehead atoms. The summed E-state index contributed by atoms with van der Waals surface area (Å²) < 4.78 is 0. The smallest absolute Gasteiger partial charge is 0.191 e. The molecular formula is C17H15N5S. The van der Waals surface area contributed by atoms with Gasteiger partial charge in [-0.2, -0.15) is 27.1 Å². The summed E-state index contributed by atoms with van der Waals surface area (Å²) >= 11 is 1.53. The zero-order chi connectivity index (χ0) is 16.6. The number of allylic oxidation sites excluding steroid dienone is 2. The predicted octanol–water partition coefficient (Wildman–Crippen LogP) is 2.10. The third-order valence-electron chi connectivity index (χ3n) is 4.75. The number of nitrogens with zero attached hydrogens (tertiary/aromatic N) is 4. The van der Waals surface area contributed by atoms with Crippen molar-refractivity contribution in [1.29, 1.82) is 15.8 Å². The van der Waals surface area contributed by atoms with Crippen LogP contribution in [0.25, 0.3) is 0 Å². The molecule has 1 aromatic rings. The van der Waals surface area contributed by atoms with Crippen molar-refractivity contribution in [3.05, 3.63) is 45.3 Å². The summed E-state index contributed by atoms with van der Waals surface area (Å²) in [5.74, 6) is -0.459. The van der Waals surface area contributed by atoms with Gasteiger partial charge in [-0.1, -0.05) is 6.08 Å². The third kappa shape index (κ3) is 2.06. The summed E-state index contributed by atoms with van der Waals surface area (Å²) in [5.41, 5.74) is 6.89. The number of hydrogen-bond acceptors (Lipinski definition) is 6. The second-order valence-corrected chi connectivity index (χ2v) is 6.73. The van der Waals surface area contributed by atoms with E-state index in [0.717, 1.165) is 17.7 Å². The highest BCUT2D eigenvalue weighted by molar-refractivity contribution is 7.08. The molecular weight excluding hydrogens is 306 g/mol. The van der Waals surface area contributed by atoms with E-state index >= 15 is 0 Å². The monoisotopic (exact) mass is 321 g/mol. The minimum Gasteiger partial charge on any atom is -0.399 e. The highest BCUT2D eigenvalue weighted by Crippen LogP contribution is 2.54. The van der Waals surface area contributed by atoms with Crippen LogP contribution < -0.4 is 5.73 Å². The van der Waals surface area contributed by atoms with Gasteiger partial charge in [-0.15, -0.1) is 0 Å². The average Bonchev–Trinajstić information content (AvgIpc) is 3.08. The number of nitriles is 3. The van der Waals surface area contributed by atoms with Crippen LogP contribution in [0.5, 0.6) is 0 Å². The Bertz CT molecular complexity index is 799. The number of thiophene rings is 1. The van der Waals surface area contributed by atoms with Gasteiger partial charge in [0.05, 0.1) is 23.4 Å². The second-order valence-electron chi connectivity index (χ2n) is 5.95. The minimum absolute atomic E-state index is 0.0910. The predicted molar refractivity (Wildman–Crippen MR) is 86.6 cm³/mol. The zero-order valence-corrected chi connectivity index (χ0v) is 13.5. The molecule has 6 heteroatoms. The Morgan fingerprint density at radius 3 is 2.65 bits per heavy atom. The van der Waals surface area contributed by atoms with Gasteiger partial charge in [0.15, 0.2) is 5.41 Å². The lowest BCUT2D eigenvalue weighted by Gasteiger charge is -2.44. The molecule has 0 aromatic carbocycles. The van der Waals surface area contributed by atoms with Crippen molar-refractivity contribution in [2.24, 2.45) is 17.1 Å².